The largest absolute Gasteiger partial charge is 0.378 e. The molecule has 2 aromatic rings. The number of rotatable bonds is 7. The molecule has 0 aliphatic rings. The van der Waals surface area contributed by atoms with Gasteiger partial charge in [-0.15, -0.1) is 0 Å². The second-order valence-corrected chi connectivity index (χ2v) is 8.79. The van der Waals surface area contributed by atoms with Gasteiger partial charge < -0.3 is 10.2 Å². The molecule has 0 aliphatic carbocycles. The summed E-state index contributed by atoms with van der Waals surface area (Å²) in [6, 6.07) is 13.3. The van der Waals surface area contributed by atoms with E-state index < -0.39 is 22.0 Å². The number of sulfonamides is 1. The molecule has 0 bridgehead atoms. The topological polar surface area (TPSA) is 69.7 Å². The highest BCUT2D eigenvalue weighted by Gasteiger charge is 2.29. The maximum atomic E-state index is 12.6. The van der Waals surface area contributed by atoms with Crippen LogP contribution in [0.1, 0.15) is 12.5 Å². The zero-order valence-corrected chi connectivity index (χ0v) is 17.4. The van der Waals surface area contributed by atoms with E-state index in [9.17, 15) is 13.2 Å². The van der Waals surface area contributed by atoms with Gasteiger partial charge in [-0.05, 0) is 42.8 Å². The Balaban J connectivity index is 2.13. The van der Waals surface area contributed by atoms with Gasteiger partial charge in [0.15, 0.2) is 0 Å². The van der Waals surface area contributed by atoms with Gasteiger partial charge >= 0.3 is 0 Å². The van der Waals surface area contributed by atoms with Crippen LogP contribution in [0.2, 0.25) is 5.02 Å². The Hall–Kier alpha value is -2.25. The van der Waals surface area contributed by atoms with Gasteiger partial charge in [0.2, 0.25) is 15.9 Å². The summed E-state index contributed by atoms with van der Waals surface area (Å²) in [4.78, 5) is 14.6. The molecular formula is C19H24ClN3O3S. The maximum Gasteiger partial charge on any atom is 0.243 e. The maximum absolute atomic E-state index is 12.6. The molecule has 0 fully saturated rings. The number of carbonyl (C=O) groups excluding carboxylic acids is 1. The number of anilines is 2. The molecule has 0 aromatic heterocycles. The molecule has 146 valence electrons. The number of hydrogen-bond acceptors (Lipinski definition) is 4. The molecule has 2 aromatic carbocycles. The van der Waals surface area contributed by atoms with Crippen LogP contribution in [0.5, 0.6) is 0 Å². The summed E-state index contributed by atoms with van der Waals surface area (Å²) in [6.07, 6.45) is 1.07. The summed E-state index contributed by atoms with van der Waals surface area (Å²) < 4.78 is 25.6. The lowest BCUT2D eigenvalue weighted by atomic mass is 10.2. The Morgan fingerprint density at radius 3 is 2.26 bits per heavy atom. The first kappa shape index (κ1) is 21.1. The van der Waals surface area contributed by atoms with Crippen LogP contribution in [0, 0.1) is 0 Å². The third-order valence-electron chi connectivity index (χ3n) is 4.07. The lowest BCUT2D eigenvalue weighted by molar-refractivity contribution is -0.122. The molecule has 1 atom stereocenters. The third kappa shape index (κ3) is 5.61. The highest BCUT2D eigenvalue weighted by Crippen LogP contribution is 2.24. The van der Waals surface area contributed by atoms with E-state index in [1.54, 1.807) is 25.1 Å². The number of hydrogen-bond donors (Lipinski definition) is 1. The first-order chi connectivity index (χ1) is 12.6. The van der Waals surface area contributed by atoms with Gasteiger partial charge in [-0.2, -0.15) is 0 Å². The standard InChI is InChI=1S/C19H24ClN3O3S/c1-14(23(27(4,25)26)18-7-5-6-16(20)12-18)19(24)21-13-15-8-10-17(11-9-15)22(2)3/h5-12,14H,13H2,1-4H3,(H,21,24). The minimum Gasteiger partial charge on any atom is -0.378 e. The van der Waals surface area contributed by atoms with Crippen molar-refractivity contribution >= 4 is 38.9 Å². The van der Waals surface area contributed by atoms with Crippen molar-refractivity contribution in [2.24, 2.45) is 0 Å². The quantitative estimate of drug-likeness (QED) is 0.763. The molecule has 2 rings (SSSR count). The first-order valence-electron chi connectivity index (χ1n) is 8.38. The molecule has 0 aliphatic heterocycles. The second-order valence-electron chi connectivity index (χ2n) is 6.49. The summed E-state index contributed by atoms with van der Waals surface area (Å²) in [6.45, 7) is 1.86. The molecule has 0 heterocycles. The number of nitrogens with one attached hydrogen (secondary N) is 1. The van der Waals surface area contributed by atoms with E-state index in [2.05, 4.69) is 5.32 Å². The van der Waals surface area contributed by atoms with Crippen molar-refractivity contribution in [2.45, 2.75) is 19.5 Å². The van der Waals surface area contributed by atoms with Crippen LogP contribution in [-0.2, 0) is 21.4 Å². The zero-order valence-electron chi connectivity index (χ0n) is 15.8. The van der Waals surface area contributed by atoms with Crippen molar-refractivity contribution in [3.8, 4) is 0 Å². The van der Waals surface area contributed by atoms with E-state index in [-0.39, 0.29) is 0 Å². The van der Waals surface area contributed by atoms with Crippen LogP contribution in [0.4, 0.5) is 11.4 Å². The molecule has 8 heteroatoms. The second kappa shape index (κ2) is 8.63. The fraction of sp³-hybridized carbons (Fsp3) is 0.316. The summed E-state index contributed by atoms with van der Waals surface area (Å²) in [5, 5.41) is 3.19. The minimum absolute atomic E-state index is 0.310. The molecule has 1 N–H and O–H groups in total. The van der Waals surface area contributed by atoms with Gasteiger partial charge in [0, 0.05) is 31.4 Å². The molecule has 27 heavy (non-hydrogen) atoms. The van der Waals surface area contributed by atoms with E-state index in [0.717, 1.165) is 21.8 Å². The summed E-state index contributed by atoms with van der Waals surface area (Å²) in [5.74, 6) is -0.392. The lowest BCUT2D eigenvalue weighted by Crippen LogP contribution is -2.47. The number of amides is 1. The van der Waals surface area contributed by atoms with Gasteiger partial charge in [0.1, 0.15) is 6.04 Å². The summed E-state index contributed by atoms with van der Waals surface area (Å²) in [7, 11) is 0.236. The van der Waals surface area contributed by atoms with Gasteiger partial charge in [-0.25, -0.2) is 8.42 Å². The number of carbonyl (C=O) groups is 1. The van der Waals surface area contributed by atoms with Crippen molar-refractivity contribution in [3.63, 3.8) is 0 Å². The third-order valence-corrected chi connectivity index (χ3v) is 5.55. The Labute approximate surface area is 165 Å². The monoisotopic (exact) mass is 409 g/mol. The zero-order chi connectivity index (χ0) is 20.2. The molecule has 0 saturated heterocycles. The number of halogens is 1. The van der Waals surface area contributed by atoms with Crippen molar-refractivity contribution < 1.29 is 13.2 Å². The Morgan fingerprint density at radius 2 is 1.74 bits per heavy atom. The molecule has 0 spiro atoms. The van der Waals surface area contributed by atoms with Crippen molar-refractivity contribution in [1.82, 2.24) is 5.32 Å². The first-order valence-corrected chi connectivity index (χ1v) is 10.6. The molecule has 0 saturated carbocycles. The molecule has 0 radical (unpaired) electrons. The van der Waals surface area contributed by atoms with E-state index in [1.807, 2.05) is 43.3 Å². The van der Waals surface area contributed by atoms with E-state index >= 15 is 0 Å². The summed E-state index contributed by atoms with van der Waals surface area (Å²) in [5.41, 5.74) is 2.33. The SMILES string of the molecule is CC(C(=O)NCc1ccc(N(C)C)cc1)N(c1cccc(Cl)c1)S(C)(=O)=O. The van der Waals surface area contributed by atoms with Crippen molar-refractivity contribution in [3.05, 3.63) is 59.1 Å². The lowest BCUT2D eigenvalue weighted by Gasteiger charge is -2.28. The fourth-order valence-electron chi connectivity index (χ4n) is 2.67. The highest BCUT2D eigenvalue weighted by molar-refractivity contribution is 7.92. The number of nitrogens with zero attached hydrogens (tertiary/aromatic N) is 2. The summed E-state index contributed by atoms with van der Waals surface area (Å²) >= 11 is 5.97. The minimum atomic E-state index is -3.67. The van der Waals surface area contributed by atoms with E-state index in [4.69, 9.17) is 11.6 Å². The molecule has 1 unspecified atom stereocenters. The van der Waals surface area contributed by atoms with E-state index in [0.29, 0.717) is 17.3 Å². The van der Waals surface area contributed by atoms with Gasteiger partial charge in [-0.3, -0.25) is 9.10 Å². The van der Waals surface area contributed by atoms with Crippen molar-refractivity contribution in [1.29, 1.82) is 0 Å². The average Bonchev–Trinajstić information content (AvgIpc) is 2.59. The number of benzene rings is 2. The van der Waals surface area contributed by atoms with Crippen LogP contribution in [0.15, 0.2) is 48.5 Å². The molecule has 6 nitrogen and oxygen atoms in total. The molecule has 1 amide bonds. The van der Waals surface area contributed by atoms with Crippen LogP contribution >= 0.6 is 11.6 Å². The van der Waals surface area contributed by atoms with Crippen LogP contribution in [-0.4, -0.2) is 40.7 Å². The normalized spacial score (nSPS) is 12.3. The van der Waals surface area contributed by atoms with Crippen LogP contribution < -0.4 is 14.5 Å². The van der Waals surface area contributed by atoms with Crippen molar-refractivity contribution in [2.75, 3.05) is 29.6 Å². The average molecular weight is 410 g/mol. The Bertz CT molecular complexity index is 899. The van der Waals surface area contributed by atoms with Gasteiger partial charge in [-0.1, -0.05) is 29.8 Å². The Morgan fingerprint density at radius 1 is 1.11 bits per heavy atom. The highest BCUT2D eigenvalue weighted by atomic mass is 35.5. The van der Waals surface area contributed by atoms with Gasteiger partial charge in [0.05, 0.1) is 11.9 Å². The van der Waals surface area contributed by atoms with Gasteiger partial charge in [0.25, 0.3) is 0 Å². The van der Waals surface area contributed by atoms with Crippen LogP contribution in [0.3, 0.4) is 0 Å². The molecular weight excluding hydrogens is 386 g/mol. The Kier molecular flexibility index (Phi) is 6.73. The predicted molar refractivity (Wildman–Crippen MR) is 111 cm³/mol. The smallest absolute Gasteiger partial charge is 0.243 e. The van der Waals surface area contributed by atoms with Crippen LogP contribution in [0.25, 0.3) is 0 Å². The fourth-order valence-corrected chi connectivity index (χ4v) is 4.02. The predicted octanol–water partition coefficient (Wildman–Crippen LogP) is 2.88. The van der Waals surface area contributed by atoms with E-state index in [1.165, 1.54) is 6.07 Å².